The molecule has 0 aliphatic carbocycles. The number of carbonyl (C=O) groups excluding carboxylic acids is 2. The lowest BCUT2D eigenvalue weighted by Gasteiger charge is -2.24. The van der Waals surface area contributed by atoms with Crippen molar-refractivity contribution in [3.8, 4) is 0 Å². The van der Waals surface area contributed by atoms with Gasteiger partial charge in [-0.15, -0.1) is 12.4 Å². The molecule has 1 atom stereocenters. The molecule has 2 rings (SSSR count). The van der Waals surface area contributed by atoms with Crippen LogP contribution in [0.2, 0.25) is 0 Å². The van der Waals surface area contributed by atoms with Crippen LogP contribution in [0.25, 0.3) is 0 Å². The van der Waals surface area contributed by atoms with Crippen LogP contribution in [0.3, 0.4) is 0 Å². The minimum Gasteiger partial charge on any atom is -0.383 e. The zero-order valence-corrected chi connectivity index (χ0v) is 14.8. The van der Waals surface area contributed by atoms with Crippen molar-refractivity contribution in [3.63, 3.8) is 0 Å². The van der Waals surface area contributed by atoms with Crippen molar-refractivity contribution in [1.82, 2.24) is 10.6 Å². The summed E-state index contributed by atoms with van der Waals surface area (Å²) in [4.78, 5) is 23.9. The molecular formula is C17H26ClN3O3. The maximum absolute atomic E-state index is 12.1. The third-order valence-electron chi connectivity index (χ3n) is 3.94. The van der Waals surface area contributed by atoms with Crippen LogP contribution in [0.4, 0.5) is 5.69 Å². The van der Waals surface area contributed by atoms with Gasteiger partial charge in [-0.1, -0.05) is 18.2 Å². The lowest BCUT2D eigenvalue weighted by Crippen LogP contribution is -2.34. The van der Waals surface area contributed by atoms with Gasteiger partial charge in [-0.05, 0) is 24.5 Å². The summed E-state index contributed by atoms with van der Waals surface area (Å²) in [5.41, 5.74) is 2.03. The van der Waals surface area contributed by atoms with Crippen molar-refractivity contribution >= 4 is 29.9 Å². The number of para-hydroxylation sites is 1. The summed E-state index contributed by atoms with van der Waals surface area (Å²) in [6.45, 7) is 2.73. The van der Waals surface area contributed by atoms with Crippen LogP contribution in [-0.4, -0.2) is 45.2 Å². The predicted octanol–water partition coefficient (Wildman–Crippen LogP) is 1.35. The molecule has 1 unspecified atom stereocenters. The van der Waals surface area contributed by atoms with Gasteiger partial charge >= 0.3 is 0 Å². The Morgan fingerprint density at radius 2 is 2.08 bits per heavy atom. The van der Waals surface area contributed by atoms with Gasteiger partial charge in [0.05, 0.1) is 6.61 Å². The summed E-state index contributed by atoms with van der Waals surface area (Å²) < 4.78 is 4.92. The van der Waals surface area contributed by atoms with Gasteiger partial charge in [0.1, 0.15) is 0 Å². The lowest BCUT2D eigenvalue weighted by molar-refractivity contribution is -0.122. The number of hydrogen-bond acceptors (Lipinski definition) is 4. The minimum atomic E-state index is -0.129. The van der Waals surface area contributed by atoms with Crippen molar-refractivity contribution in [2.75, 3.05) is 38.7 Å². The third kappa shape index (κ3) is 6.47. The van der Waals surface area contributed by atoms with E-state index in [-0.39, 0.29) is 30.1 Å². The van der Waals surface area contributed by atoms with E-state index in [4.69, 9.17) is 4.74 Å². The second-order valence-electron chi connectivity index (χ2n) is 5.68. The Labute approximate surface area is 149 Å². The first-order chi connectivity index (χ1) is 11.2. The Morgan fingerprint density at radius 1 is 1.29 bits per heavy atom. The fourth-order valence-corrected chi connectivity index (χ4v) is 2.63. The molecule has 1 aliphatic heterocycles. The van der Waals surface area contributed by atoms with E-state index in [0.29, 0.717) is 39.0 Å². The van der Waals surface area contributed by atoms with Gasteiger partial charge in [0.25, 0.3) is 0 Å². The molecule has 1 aromatic carbocycles. The van der Waals surface area contributed by atoms with E-state index < -0.39 is 0 Å². The summed E-state index contributed by atoms with van der Waals surface area (Å²) in [5, 5.41) is 8.93. The van der Waals surface area contributed by atoms with Crippen LogP contribution in [0.5, 0.6) is 0 Å². The molecule has 2 amide bonds. The Balaban J connectivity index is 0.00000288. The van der Waals surface area contributed by atoms with Crippen molar-refractivity contribution in [3.05, 3.63) is 29.8 Å². The molecule has 0 radical (unpaired) electrons. The highest BCUT2D eigenvalue weighted by Gasteiger charge is 2.26. The zero-order chi connectivity index (χ0) is 16.5. The molecule has 0 aromatic heterocycles. The molecule has 134 valence electrons. The lowest BCUT2D eigenvalue weighted by atomic mass is 9.89. The molecule has 0 fully saturated rings. The fourth-order valence-electron chi connectivity index (χ4n) is 2.63. The maximum Gasteiger partial charge on any atom is 0.227 e. The first-order valence-electron chi connectivity index (χ1n) is 8.06. The number of amides is 2. The summed E-state index contributed by atoms with van der Waals surface area (Å²) in [6.07, 6.45) is 1.65. The molecule has 24 heavy (non-hydrogen) atoms. The van der Waals surface area contributed by atoms with Gasteiger partial charge in [0, 0.05) is 44.8 Å². The average molecular weight is 356 g/mol. The summed E-state index contributed by atoms with van der Waals surface area (Å²) in [6, 6.07) is 7.81. The van der Waals surface area contributed by atoms with E-state index in [1.165, 1.54) is 0 Å². The SMILES string of the molecule is COCCNCCNC(=O)CCC1Cc2ccccc2NC1=O.Cl. The van der Waals surface area contributed by atoms with Gasteiger partial charge < -0.3 is 20.7 Å². The van der Waals surface area contributed by atoms with Gasteiger partial charge in [-0.3, -0.25) is 9.59 Å². The number of nitrogens with one attached hydrogen (secondary N) is 3. The predicted molar refractivity (Wildman–Crippen MR) is 96.5 cm³/mol. The molecule has 1 aromatic rings. The van der Waals surface area contributed by atoms with E-state index in [9.17, 15) is 9.59 Å². The molecule has 1 heterocycles. The van der Waals surface area contributed by atoms with Crippen LogP contribution in [-0.2, 0) is 20.7 Å². The van der Waals surface area contributed by atoms with Gasteiger partial charge in [0.15, 0.2) is 0 Å². The summed E-state index contributed by atoms with van der Waals surface area (Å²) >= 11 is 0. The number of anilines is 1. The highest BCUT2D eigenvalue weighted by atomic mass is 35.5. The van der Waals surface area contributed by atoms with E-state index in [2.05, 4.69) is 16.0 Å². The summed E-state index contributed by atoms with van der Waals surface area (Å²) in [5.74, 6) is -0.126. The first kappa shape index (κ1) is 20.4. The number of ether oxygens (including phenoxy) is 1. The molecule has 0 saturated heterocycles. The van der Waals surface area contributed by atoms with Crippen molar-refractivity contribution in [1.29, 1.82) is 0 Å². The Morgan fingerprint density at radius 3 is 2.88 bits per heavy atom. The van der Waals surface area contributed by atoms with Gasteiger partial charge in [-0.2, -0.15) is 0 Å². The maximum atomic E-state index is 12.1. The number of carbonyl (C=O) groups is 2. The molecule has 1 aliphatic rings. The number of hydrogen-bond donors (Lipinski definition) is 3. The zero-order valence-electron chi connectivity index (χ0n) is 14.0. The quantitative estimate of drug-likeness (QED) is 0.584. The largest absolute Gasteiger partial charge is 0.383 e. The smallest absolute Gasteiger partial charge is 0.227 e. The number of fused-ring (bicyclic) bond motifs is 1. The fraction of sp³-hybridized carbons (Fsp3) is 0.529. The molecule has 0 saturated carbocycles. The number of benzene rings is 1. The molecule has 0 spiro atoms. The molecule has 7 heteroatoms. The van der Waals surface area contributed by atoms with Gasteiger partial charge in [0.2, 0.25) is 11.8 Å². The Hall–Kier alpha value is -1.63. The van der Waals surface area contributed by atoms with Crippen LogP contribution >= 0.6 is 12.4 Å². The molecule has 3 N–H and O–H groups in total. The average Bonchev–Trinajstić information content (AvgIpc) is 2.56. The number of halogens is 1. The molecule has 0 bridgehead atoms. The van der Waals surface area contributed by atoms with Crippen molar-refractivity contribution in [2.24, 2.45) is 5.92 Å². The van der Waals surface area contributed by atoms with Crippen molar-refractivity contribution in [2.45, 2.75) is 19.3 Å². The number of methoxy groups -OCH3 is 1. The Bertz CT molecular complexity index is 540. The second-order valence-corrected chi connectivity index (χ2v) is 5.68. The highest BCUT2D eigenvalue weighted by molar-refractivity contribution is 5.96. The van der Waals surface area contributed by atoms with E-state index in [0.717, 1.165) is 17.8 Å². The molecule has 6 nitrogen and oxygen atoms in total. The normalized spacial score (nSPS) is 15.9. The van der Waals surface area contributed by atoms with Crippen molar-refractivity contribution < 1.29 is 14.3 Å². The van der Waals surface area contributed by atoms with Crippen LogP contribution in [0.1, 0.15) is 18.4 Å². The second kappa shape index (κ2) is 11.0. The highest BCUT2D eigenvalue weighted by Crippen LogP contribution is 2.27. The standard InChI is InChI=1S/C17H25N3O3.ClH/c1-23-11-10-18-8-9-19-16(21)7-6-14-12-13-4-2-3-5-15(13)20-17(14)22;/h2-5,14,18H,6-12H2,1H3,(H,19,21)(H,20,22);1H. The summed E-state index contributed by atoms with van der Waals surface area (Å²) in [7, 11) is 1.66. The Kier molecular flexibility index (Phi) is 9.37. The monoisotopic (exact) mass is 355 g/mol. The van der Waals surface area contributed by atoms with E-state index >= 15 is 0 Å². The van der Waals surface area contributed by atoms with Crippen LogP contribution < -0.4 is 16.0 Å². The van der Waals surface area contributed by atoms with E-state index in [1.807, 2.05) is 24.3 Å². The van der Waals surface area contributed by atoms with Crippen LogP contribution in [0.15, 0.2) is 24.3 Å². The molecular weight excluding hydrogens is 330 g/mol. The topological polar surface area (TPSA) is 79.5 Å². The van der Waals surface area contributed by atoms with Crippen LogP contribution in [0, 0.1) is 5.92 Å². The number of rotatable bonds is 9. The van der Waals surface area contributed by atoms with E-state index in [1.54, 1.807) is 7.11 Å². The first-order valence-corrected chi connectivity index (χ1v) is 8.06. The van der Waals surface area contributed by atoms with Gasteiger partial charge in [-0.25, -0.2) is 0 Å². The minimum absolute atomic E-state index is 0. The third-order valence-corrected chi connectivity index (χ3v) is 3.94.